The van der Waals surface area contributed by atoms with E-state index in [4.69, 9.17) is 0 Å². The molecule has 10 heteroatoms. The van der Waals surface area contributed by atoms with Gasteiger partial charge in [-0.2, -0.15) is 0 Å². The molecule has 1 aliphatic heterocycles. The maximum atomic E-state index is 14.2. The van der Waals surface area contributed by atoms with E-state index < -0.39 is 29.6 Å². The molecule has 0 spiro atoms. The lowest BCUT2D eigenvalue weighted by atomic mass is 9.90. The zero-order valence-electron chi connectivity index (χ0n) is 22.9. The zero-order chi connectivity index (χ0) is 28.0. The molecule has 1 saturated heterocycles. The van der Waals surface area contributed by atoms with Crippen LogP contribution in [-0.2, 0) is 14.4 Å². The fourth-order valence-corrected chi connectivity index (χ4v) is 4.52. The van der Waals surface area contributed by atoms with Crippen molar-refractivity contribution in [2.24, 2.45) is 5.41 Å². The lowest BCUT2D eigenvalue weighted by molar-refractivity contribution is -0.133. The molecular weight excluding hydrogens is 492 g/mol. The van der Waals surface area contributed by atoms with Crippen molar-refractivity contribution in [1.82, 2.24) is 25.5 Å². The monoisotopic (exact) mass is 531 g/mol. The van der Waals surface area contributed by atoms with Crippen molar-refractivity contribution in [3.63, 3.8) is 0 Å². The summed E-state index contributed by atoms with van der Waals surface area (Å²) < 4.78 is 27.4. The number of rotatable bonds is 10. The smallest absolute Gasteiger partial charge is 0.243 e. The first-order chi connectivity index (χ1) is 17.8. The molecule has 38 heavy (non-hydrogen) atoms. The summed E-state index contributed by atoms with van der Waals surface area (Å²) in [4.78, 5) is 47.7. The van der Waals surface area contributed by atoms with Gasteiger partial charge >= 0.3 is 0 Å². The Kier molecular flexibility index (Phi) is 9.62. The Morgan fingerprint density at radius 1 is 1.18 bits per heavy atom. The number of imidazole rings is 1. The first kappa shape index (κ1) is 29.3. The lowest BCUT2D eigenvalue weighted by Gasteiger charge is -2.24. The van der Waals surface area contributed by atoms with Gasteiger partial charge in [-0.25, -0.2) is 13.8 Å². The van der Waals surface area contributed by atoms with E-state index in [9.17, 15) is 23.2 Å². The van der Waals surface area contributed by atoms with Crippen LogP contribution in [0.3, 0.4) is 0 Å². The molecule has 3 rings (SSSR count). The molecule has 0 bridgehead atoms. The first-order valence-corrected chi connectivity index (χ1v) is 13.2. The van der Waals surface area contributed by atoms with Gasteiger partial charge in [0.2, 0.25) is 17.7 Å². The van der Waals surface area contributed by atoms with E-state index >= 15 is 0 Å². The van der Waals surface area contributed by atoms with Crippen molar-refractivity contribution in [1.29, 1.82) is 0 Å². The van der Waals surface area contributed by atoms with Crippen molar-refractivity contribution in [2.75, 3.05) is 6.54 Å². The van der Waals surface area contributed by atoms with Gasteiger partial charge in [0.05, 0.1) is 17.9 Å². The molecule has 1 aliphatic rings. The fourth-order valence-electron chi connectivity index (χ4n) is 4.52. The van der Waals surface area contributed by atoms with Gasteiger partial charge in [-0.15, -0.1) is 0 Å². The molecule has 2 aromatic rings. The maximum absolute atomic E-state index is 14.2. The van der Waals surface area contributed by atoms with E-state index in [-0.39, 0.29) is 48.1 Å². The molecule has 3 N–H and O–H groups in total. The van der Waals surface area contributed by atoms with E-state index in [1.165, 1.54) is 12.3 Å². The van der Waals surface area contributed by atoms with Gasteiger partial charge in [-0.1, -0.05) is 20.8 Å². The van der Waals surface area contributed by atoms with Crippen LogP contribution in [0.1, 0.15) is 85.0 Å². The number of H-pyrrole nitrogens is 1. The van der Waals surface area contributed by atoms with E-state index in [1.807, 2.05) is 32.6 Å². The summed E-state index contributed by atoms with van der Waals surface area (Å²) in [7, 11) is 0. The minimum atomic E-state index is -0.893. The summed E-state index contributed by atoms with van der Waals surface area (Å²) in [6, 6.07) is 1.94. The lowest BCUT2D eigenvalue weighted by Crippen LogP contribution is -2.48. The SMILES string of the molecule is C[C@H](NC(=O)[C@H](CCC(=O)N1CCC[C@@H]1C)NC(=O)CCC(C)(C)C)c1ncc(-c2ccc(F)cc2F)[nH]1. The van der Waals surface area contributed by atoms with Crippen LogP contribution >= 0.6 is 0 Å². The van der Waals surface area contributed by atoms with Crippen molar-refractivity contribution >= 4 is 17.7 Å². The highest BCUT2D eigenvalue weighted by Crippen LogP contribution is 2.24. The summed E-state index contributed by atoms with van der Waals surface area (Å²) in [5.74, 6) is -1.75. The molecule has 208 valence electrons. The standard InChI is InChI=1S/C28H39F2N5O3/c1-17-7-6-14-35(17)25(37)11-10-22(33-24(36)12-13-28(3,4)5)27(38)32-18(2)26-31-16-23(34-26)20-9-8-19(29)15-21(20)30/h8-9,15-18,22H,6-7,10-14H2,1-5H3,(H,31,34)(H,32,38)(H,33,36)/t17-,18-,22-/m0/s1. The number of amides is 3. The Labute approximate surface area is 223 Å². The summed E-state index contributed by atoms with van der Waals surface area (Å²) in [5.41, 5.74) is 0.463. The Balaban J connectivity index is 1.67. The average Bonchev–Trinajstić information content (AvgIpc) is 3.49. The first-order valence-electron chi connectivity index (χ1n) is 13.2. The number of carbonyl (C=O) groups is 3. The van der Waals surface area contributed by atoms with Crippen LogP contribution in [-0.4, -0.2) is 51.2 Å². The molecule has 8 nitrogen and oxygen atoms in total. The van der Waals surface area contributed by atoms with Crippen LogP contribution in [0.4, 0.5) is 8.78 Å². The van der Waals surface area contributed by atoms with Crippen LogP contribution in [0.2, 0.25) is 0 Å². The van der Waals surface area contributed by atoms with Gasteiger partial charge in [0, 0.05) is 37.1 Å². The molecule has 0 aliphatic carbocycles. The topological polar surface area (TPSA) is 107 Å². The third kappa shape index (κ3) is 8.10. The predicted molar refractivity (Wildman–Crippen MR) is 141 cm³/mol. The van der Waals surface area contributed by atoms with E-state index in [0.717, 1.165) is 25.0 Å². The highest BCUT2D eigenvalue weighted by molar-refractivity contribution is 5.88. The number of aromatic nitrogens is 2. The van der Waals surface area contributed by atoms with Crippen LogP contribution in [0, 0.1) is 17.0 Å². The van der Waals surface area contributed by atoms with Gasteiger partial charge in [-0.3, -0.25) is 14.4 Å². The van der Waals surface area contributed by atoms with Crippen molar-refractivity contribution in [2.45, 2.75) is 91.3 Å². The van der Waals surface area contributed by atoms with Crippen LogP contribution in [0.15, 0.2) is 24.4 Å². The van der Waals surface area contributed by atoms with E-state index in [2.05, 4.69) is 20.6 Å². The van der Waals surface area contributed by atoms with Crippen molar-refractivity contribution in [3.05, 3.63) is 41.9 Å². The zero-order valence-corrected chi connectivity index (χ0v) is 22.9. The normalized spacial score (nSPS) is 17.2. The number of halogens is 2. The van der Waals surface area contributed by atoms with Crippen molar-refractivity contribution < 1.29 is 23.2 Å². The molecule has 0 unspecified atom stereocenters. The number of nitrogens with zero attached hydrogens (tertiary/aromatic N) is 2. The minimum Gasteiger partial charge on any atom is -0.345 e. The summed E-state index contributed by atoms with van der Waals surface area (Å²) >= 11 is 0. The number of benzene rings is 1. The second kappa shape index (κ2) is 12.5. The molecule has 3 atom stereocenters. The van der Waals surface area contributed by atoms with Gasteiger partial charge in [0.15, 0.2) is 0 Å². The molecular formula is C28H39F2N5O3. The highest BCUT2D eigenvalue weighted by Gasteiger charge is 2.29. The number of likely N-dealkylation sites (tertiary alicyclic amines) is 1. The molecule has 1 aromatic carbocycles. The molecule has 1 aromatic heterocycles. The van der Waals surface area contributed by atoms with E-state index in [1.54, 1.807) is 6.92 Å². The number of hydrogen-bond acceptors (Lipinski definition) is 4. The Bertz CT molecular complexity index is 1140. The Morgan fingerprint density at radius 2 is 1.92 bits per heavy atom. The summed E-state index contributed by atoms with van der Waals surface area (Å²) in [6.07, 6.45) is 4.58. The third-order valence-electron chi connectivity index (χ3n) is 6.86. The second-order valence-corrected chi connectivity index (χ2v) is 11.3. The summed E-state index contributed by atoms with van der Waals surface area (Å²) in [5, 5.41) is 5.65. The van der Waals surface area contributed by atoms with Gasteiger partial charge in [0.1, 0.15) is 23.5 Å². The van der Waals surface area contributed by atoms with E-state index in [0.29, 0.717) is 24.5 Å². The van der Waals surface area contributed by atoms with Crippen LogP contribution < -0.4 is 10.6 Å². The van der Waals surface area contributed by atoms with Gasteiger partial charge < -0.3 is 20.5 Å². The Morgan fingerprint density at radius 3 is 2.55 bits per heavy atom. The minimum absolute atomic E-state index is 0.0261. The number of nitrogens with one attached hydrogen (secondary N) is 3. The molecule has 0 saturated carbocycles. The molecule has 1 fully saturated rings. The number of aromatic amines is 1. The predicted octanol–water partition coefficient (Wildman–Crippen LogP) is 4.63. The fraction of sp³-hybridized carbons (Fsp3) is 0.571. The maximum Gasteiger partial charge on any atom is 0.243 e. The number of hydrogen-bond donors (Lipinski definition) is 3. The van der Waals surface area contributed by atoms with Crippen LogP contribution in [0.25, 0.3) is 11.3 Å². The second-order valence-electron chi connectivity index (χ2n) is 11.3. The molecule has 2 heterocycles. The van der Waals surface area contributed by atoms with Gasteiger partial charge in [-0.05, 0) is 57.1 Å². The number of carbonyl (C=O) groups excluding carboxylic acids is 3. The van der Waals surface area contributed by atoms with Gasteiger partial charge in [0.25, 0.3) is 0 Å². The quantitative estimate of drug-likeness (QED) is 0.415. The third-order valence-corrected chi connectivity index (χ3v) is 6.86. The molecule has 3 amide bonds. The average molecular weight is 532 g/mol. The molecule has 0 radical (unpaired) electrons. The largest absolute Gasteiger partial charge is 0.345 e. The Hall–Kier alpha value is -3.30. The van der Waals surface area contributed by atoms with Crippen molar-refractivity contribution in [3.8, 4) is 11.3 Å². The highest BCUT2D eigenvalue weighted by atomic mass is 19.1. The van der Waals surface area contributed by atoms with Crippen LogP contribution in [0.5, 0.6) is 0 Å². The summed E-state index contributed by atoms with van der Waals surface area (Å²) in [6.45, 7) is 10.5.